The molecular formula is C23H19BrN2O2. The SMILES string of the molecule is CCOC(=O)C(c1ccc(Br)cc1)c1c(-c2ccccc2)nc2ccccn12. The fourth-order valence-electron chi connectivity index (χ4n) is 3.39. The van der Waals surface area contributed by atoms with Crippen molar-refractivity contribution in [3.63, 3.8) is 0 Å². The Bertz CT molecular complexity index is 1100. The second-order valence-electron chi connectivity index (χ2n) is 6.38. The van der Waals surface area contributed by atoms with E-state index in [-0.39, 0.29) is 5.97 Å². The highest BCUT2D eigenvalue weighted by molar-refractivity contribution is 9.10. The second kappa shape index (κ2) is 7.98. The Labute approximate surface area is 171 Å². The summed E-state index contributed by atoms with van der Waals surface area (Å²) in [5.74, 6) is -0.867. The van der Waals surface area contributed by atoms with Crippen LogP contribution in [0.15, 0.2) is 83.5 Å². The molecule has 2 heterocycles. The van der Waals surface area contributed by atoms with Crippen LogP contribution < -0.4 is 0 Å². The molecule has 0 amide bonds. The molecule has 4 rings (SSSR count). The van der Waals surface area contributed by atoms with Crippen molar-refractivity contribution < 1.29 is 9.53 Å². The van der Waals surface area contributed by atoms with Gasteiger partial charge < -0.3 is 9.14 Å². The number of halogens is 1. The number of carbonyl (C=O) groups is 1. The van der Waals surface area contributed by atoms with Crippen LogP contribution in [0, 0.1) is 0 Å². The van der Waals surface area contributed by atoms with Gasteiger partial charge in [0.1, 0.15) is 11.6 Å². The summed E-state index contributed by atoms with van der Waals surface area (Å²) in [5, 5.41) is 0. The molecule has 0 fully saturated rings. The lowest BCUT2D eigenvalue weighted by molar-refractivity contribution is -0.143. The van der Waals surface area contributed by atoms with Gasteiger partial charge in [-0.3, -0.25) is 4.79 Å². The maximum atomic E-state index is 13.1. The molecule has 2 aromatic carbocycles. The number of carbonyl (C=O) groups excluding carboxylic acids is 1. The molecule has 0 spiro atoms. The molecule has 0 aliphatic rings. The van der Waals surface area contributed by atoms with E-state index < -0.39 is 5.92 Å². The molecular weight excluding hydrogens is 416 g/mol. The van der Waals surface area contributed by atoms with E-state index in [1.165, 1.54) is 0 Å². The number of nitrogens with zero attached hydrogens (tertiary/aromatic N) is 2. The molecule has 4 nitrogen and oxygen atoms in total. The number of esters is 1. The molecule has 28 heavy (non-hydrogen) atoms. The van der Waals surface area contributed by atoms with Crippen LogP contribution in [0.3, 0.4) is 0 Å². The summed E-state index contributed by atoms with van der Waals surface area (Å²) in [7, 11) is 0. The molecule has 0 saturated carbocycles. The van der Waals surface area contributed by atoms with Gasteiger partial charge in [-0.25, -0.2) is 4.98 Å². The zero-order valence-electron chi connectivity index (χ0n) is 15.4. The average molecular weight is 435 g/mol. The van der Waals surface area contributed by atoms with Crippen molar-refractivity contribution in [2.45, 2.75) is 12.8 Å². The summed E-state index contributed by atoms with van der Waals surface area (Å²) in [6.07, 6.45) is 1.94. The zero-order valence-corrected chi connectivity index (χ0v) is 17.0. The zero-order chi connectivity index (χ0) is 19.5. The Morgan fingerprint density at radius 3 is 2.46 bits per heavy atom. The molecule has 0 aliphatic carbocycles. The van der Waals surface area contributed by atoms with Gasteiger partial charge in [0.15, 0.2) is 0 Å². The summed E-state index contributed by atoms with van der Waals surface area (Å²) in [6.45, 7) is 2.15. The van der Waals surface area contributed by atoms with Crippen LogP contribution in [0.1, 0.15) is 24.1 Å². The number of pyridine rings is 1. The summed E-state index contributed by atoms with van der Waals surface area (Å²) < 4.78 is 8.40. The van der Waals surface area contributed by atoms with Gasteiger partial charge >= 0.3 is 5.97 Å². The average Bonchev–Trinajstić information content (AvgIpc) is 3.10. The molecule has 0 saturated heterocycles. The van der Waals surface area contributed by atoms with Crippen LogP contribution in [0.2, 0.25) is 0 Å². The third-order valence-corrected chi connectivity index (χ3v) is 5.14. The van der Waals surface area contributed by atoms with Crippen LogP contribution in [-0.2, 0) is 9.53 Å². The van der Waals surface area contributed by atoms with Crippen LogP contribution >= 0.6 is 15.9 Å². The molecule has 2 aromatic heterocycles. The highest BCUT2D eigenvalue weighted by atomic mass is 79.9. The standard InChI is InChI=1S/C23H19BrN2O2/c1-2-28-23(27)20(16-11-13-18(24)14-12-16)22-21(17-8-4-3-5-9-17)25-19-10-6-7-15-26(19)22/h3-15,20H,2H2,1H3. The fourth-order valence-corrected chi connectivity index (χ4v) is 3.65. The maximum absolute atomic E-state index is 13.1. The third kappa shape index (κ3) is 3.45. The number of hydrogen-bond acceptors (Lipinski definition) is 3. The Morgan fingerprint density at radius 1 is 1.04 bits per heavy atom. The topological polar surface area (TPSA) is 43.6 Å². The number of imidazole rings is 1. The number of hydrogen-bond donors (Lipinski definition) is 0. The molecule has 0 N–H and O–H groups in total. The lowest BCUT2D eigenvalue weighted by Crippen LogP contribution is -2.19. The number of rotatable bonds is 5. The van der Waals surface area contributed by atoms with E-state index in [9.17, 15) is 4.79 Å². The first-order chi connectivity index (χ1) is 13.7. The van der Waals surface area contributed by atoms with Gasteiger partial charge in [-0.15, -0.1) is 0 Å². The number of aromatic nitrogens is 2. The van der Waals surface area contributed by atoms with E-state index in [4.69, 9.17) is 9.72 Å². The van der Waals surface area contributed by atoms with Crippen LogP contribution in [0.25, 0.3) is 16.9 Å². The van der Waals surface area contributed by atoms with Crippen LogP contribution in [0.5, 0.6) is 0 Å². The molecule has 0 bridgehead atoms. The highest BCUT2D eigenvalue weighted by Crippen LogP contribution is 2.35. The molecule has 5 heteroatoms. The molecule has 140 valence electrons. The van der Waals surface area contributed by atoms with E-state index in [1.807, 2.05) is 90.3 Å². The van der Waals surface area contributed by atoms with Crippen molar-refractivity contribution in [3.8, 4) is 11.3 Å². The summed E-state index contributed by atoms with van der Waals surface area (Å²) >= 11 is 3.47. The van der Waals surface area contributed by atoms with E-state index >= 15 is 0 Å². The molecule has 0 aliphatic heterocycles. The van der Waals surface area contributed by atoms with Gasteiger partial charge in [0.2, 0.25) is 0 Å². The smallest absolute Gasteiger partial charge is 0.319 e. The molecule has 0 radical (unpaired) electrons. The number of ether oxygens (including phenoxy) is 1. The van der Waals surface area contributed by atoms with Crippen molar-refractivity contribution in [1.29, 1.82) is 0 Å². The van der Waals surface area contributed by atoms with Gasteiger partial charge in [-0.1, -0.05) is 64.5 Å². The number of benzene rings is 2. The predicted molar refractivity (Wildman–Crippen MR) is 113 cm³/mol. The van der Waals surface area contributed by atoms with Crippen LogP contribution in [0.4, 0.5) is 0 Å². The monoisotopic (exact) mass is 434 g/mol. The van der Waals surface area contributed by atoms with Gasteiger partial charge in [0.25, 0.3) is 0 Å². The van der Waals surface area contributed by atoms with E-state index in [0.717, 1.165) is 32.6 Å². The lowest BCUT2D eigenvalue weighted by atomic mass is 9.92. The van der Waals surface area contributed by atoms with E-state index in [1.54, 1.807) is 0 Å². The Morgan fingerprint density at radius 2 is 1.75 bits per heavy atom. The Balaban J connectivity index is 1.99. The summed E-state index contributed by atoms with van der Waals surface area (Å²) in [4.78, 5) is 17.9. The van der Waals surface area contributed by atoms with Gasteiger partial charge in [-0.2, -0.15) is 0 Å². The van der Waals surface area contributed by atoms with Crippen molar-refractivity contribution >= 4 is 27.5 Å². The Kier molecular flexibility index (Phi) is 5.26. The largest absolute Gasteiger partial charge is 0.465 e. The van der Waals surface area contributed by atoms with Gasteiger partial charge in [0.05, 0.1) is 18.0 Å². The first kappa shape index (κ1) is 18.4. The fraction of sp³-hybridized carbons (Fsp3) is 0.130. The maximum Gasteiger partial charge on any atom is 0.319 e. The first-order valence-corrected chi connectivity index (χ1v) is 9.93. The van der Waals surface area contributed by atoms with E-state index in [0.29, 0.717) is 6.61 Å². The minimum atomic E-state index is -0.583. The summed E-state index contributed by atoms with van der Waals surface area (Å²) in [5.41, 5.74) is 4.22. The second-order valence-corrected chi connectivity index (χ2v) is 7.29. The normalized spacial score (nSPS) is 12.1. The van der Waals surface area contributed by atoms with Crippen molar-refractivity contribution in [3.05, 3.63) is 94.7 Å². The predicted octanol–water partition coefficient (Wildman–Crippen LogP) is 5.46. The molecule has 4 aromatic rings. The molecule has 1 unspecified atom stereocenters. The van der Waals surface area contributed by atoms with E-state index in [2.05, 4.69) is 15.9 Å². The quantitative estimate of drug-likeness (QED) is 0.391. The first-order valence-electron chi connectivity index (χ1n) is 9.13. The van der Waals surface area contributed by atoms with Crippen molar-refractivity contribution in [1.82, 2.24) is 9.38 Å². The third-order valence-electron chi connectivity index (χ3n) is 4.61. The van der Waals surface area contributed by atoms with Gasteiger partial charge in [0, 0.05) is 16.2 Å². The Hall–Kier alpha value is -2.92. The number of fused-ring (bicyclic) bond motifs is 1. The van der Waals surface area contributed by atoms with Gasteiger partial charge in [-0.05, 0) is 36.8 Å². The lowest BCUT2D eigenvalue weighted by Gasteiger charge is -2.18. The highest BCUT2D eigenvalue weighted by Gasteiger charge is 2.31. The van der Waals surface area contributed by atoms with Crippen molar-refractivity contribution in [2.24, 2.45) is 0 Å². The van der Waals surface area contributed by atoms with Crippen molar-refractivity contribution in [2.75, 3.05) is 6.61 Å². The molecule has 1 atom stereocenters. The summed E-state index contributed by atoms with van der Waals surface area (Å²) in [6, 6.07) is 23.5. The minimum Gasteiger partial charge on any atom is -0.465 e. The van der Waals surface area contributed by atoms with Crippen LogP contribution in [-0.4, -0.2) is 22.0 Å². The minimum absolute atomic E-state index is 0.285.